The first kappa shape index (κ1) is 16.5. The summed E-state index contributed by atoms with van der Waals surface area (Å²) in [6, 6.07) is 5.82. The molecule has 2 N–H and O–H groups in total. The van der Waals surface area contributed by atoms with Gasteiger partial charge >= 0.3 is 0 Å². The monoisotopic (exact) mass is 302 g/mol. The molecule has 0 heterocycles. The third-order valence-corrected chi connectivity index (χ3v) is 4.46. The second kappa shape index (κ2) is 7.43. The summed E-state index contributed by atoms with van der Waals surface area (Å²) < 4.78 is 0. The van der Waals surface area contributed by atoms with Crippen LogP contribution in [-0.4, -0.2) is 17.9 Å². The lowest BCUT2D eigenvalue weighted by Crippen LogP contribution is -2.49. The highest BCUT2D eigenvalue weighted by Crippen LogP contribution is 2.28. The van der Waals surface area contributed by atoms with E-state index in [9.17, 15) is 9.59 Å². The van der Waals surface area contributed by atoms with Crippen molar-refractivity contribution in [1.29, 1.82) is 0 Å². The molecule has 1 saturated carbocycles. The maximum absolute atomic E-state index is 12.5. The topological polar surface area (TPSA) is 58.2 Å². The van der Waals surface area contributed by atoms with Gasteiger partial charge in [0.25, 0.3) is 0 Å². The number of rotatable bonds is 5. The number of carbonyl (C=O) groups is 2. The highest BCUT2D eigenvalue weighted by atomic mass is 16.2. The van der Waals surface area contributed by atoms with Crippen LogP contribution in [0, 0.1) is 19.8 Å². The van der Waals surface area contributed by atoms with Crippen molar-refractivity contribution in [2.45, 2.75) is 59.0 Å². The van der Waals surface area contributed by atoms with E-state index in [-0.39, 0.29) is 17.7 Å². The van der Waals surface area contributed by atoms with Crippen LogP contribution in [0.1, 0.15) is 49.3 Å². The normalized spacial score (nSPS) is 16.3. The highest BCUT2D eigenvalue weighted by Gasteiger charge is 2.31. The van der Waals surface area contributed by atoms with E-state index in [4.69, 9.17) is 0 Å². The maximum atomic E-state index is 12.5. The Morgan fingerprint density at radius 3 is 2.50 bits per heavy atom. The Morgan fingerprint density at radius 1 is 1.23 bits per heavy atom. The molecule has 1 aromatic rings. The van der Waals surface area contributed by atoms with E-state index >= 15 is 0 Å². The standard InChI is InChI=1S/C18H26N2O2/c1-12-8-9-16(13(2)10-12)11-19-18(22)17(20-14(3)21)15-6-4-5-7-15/h8-10,15,17H,4-7,11H2,1-3H3,(H,19,22)(H,20,21). The average molecular weight is 302 g/mol. The number of benzene rings is 1. The summed E-state index contributed by atoms with van der Waals surface area (Å²) in [6.45, 7) is 6.09. The fourth-order valence-electron chi connectivity index (χ4n) is 3.24. The van der Waals surface area contributed by atoms with Crippen LogP contribution in [0.15, 0.2) is 18.2 Å². The van der Waals surface area contributed by atoms with Gasteiger partial charge in [0.15, 0.2) is 0 Å². The number of amides is 2. The molecule has 0 aromatic heterocycles. The lowest BCUT2D eigenvalue weighted by molar-refractivity contribution is -0.129. The van der Waals surface area contributed by atoms with Crippen molar-refractivity contribution >= 4 is 11.8 Å². The Bertz CT molecular complexity index is 548. The van der Waals surface area contributed by atoms with E-state index in [0.717, 1.165) is 31.2 Å². The molecule has 0 radical (unpaired) electrons. The van der Waals surface area contributed by atoms with E-state index in [1.807, 2.05) is 6.07 Å². The van der Waals surface area contributed by atoms with Crippen LogP contribution in [0.25, 0.3) is 0 Å². The molecule has 1 aliphatic carbocycles. The number of nitrogens with one attached hydrogen (secondary N) is 2. The minimum absolute atomic E-state index is 0.0675. The summed E-state index contributed by atoms with van der Waals surface area (Å²) >= 11 is 0. The zero-order valence-corrected chi connectivity index (χ0v) is 13.7. The van der Waals surface area contributed by atoms with Crippen LogP contribution < -0.4 is 10.6 Å². The molecule has 0 saturated heterocycles. The summed E-state index contributed by atoms with van der Waals surface area (Å²) in [5.41, 5.74) is 3.51. The molecular formula is C18H26N2O2. The van der Waals surface area contributed by atoms with Gasteiger partial charge in [-0.15, -0.1) is 0 Å². The largest absolute Gasteiger partial charge is 0.350 e. The van der Waals surface area contributed by atoms with Gasteiger partial charge in [0, 0.05) is 13.5 Å². The minimum Gasteiger partial charge on any atom is -0.350 e. The molecule has 2 rings (SSSR count). The van der Waals surface area contributed by atoms with Gasteiger partial charge in [-0.25, -0.2) is 0 Å². The van der Waals surface area contributed by atoms with Crippen molar-refractivity contribution < 1.29 is 9.59 Å². The summed E-state index contributed by atoms with van der Waals surface area (Å²) in [5, 5.41) is 5.82. The third-order valence-electron chi connectivity index (χ3n) is 4.46. The number of aryl methyl sites for hydroxylation is 2. The summed E-state index contributed by atoms with van der Waals surface area (Å²) in [7, 11) is 0. The minimum atomic E-state index is -0.397. The number of hydrogen-bond donors (Lipinski definition) is 2. The van der Waals surface area contributed by atoms with E-state index in [0.29, 0.717) is 6.54 Å². The Hall–Kier alpha value is -1.84. The van der Waals surface area contributed by atoms with E-state index in [1.54, 1.807) is 0 Å². The van der Waals surface area contributed by atoms with E-state index in [1.165, 1.54) is 18.1 Å². The number of carbonyl (C=O) groups excluding carboxylic acids is 2. The molecule has 2 amide bonds. The molecular weight excluding hydrogens is 276 g/mol. The zero-order valence-electron chi connectivity index (χ0n) is 13.7. The van der Waals surface area contributed by atoms with Crippen molar-refractivity contribution in [1.82, 2.24) is 10.6 Å². The summed E-state index contributed by atoms with van der Waals surface area (Å²) in [5.74, 6) is 0.0589. The SMILES string of the molecule is CC(=O)NC(C(=O)NCc1ccc(C)cc1C)C1CCCC1. The van der Waals surface area contributed by atoms with Gasteiger partial charge in [-0.2, -0.15) is 0 Å². The molecule has 1 atom stereocenters. The van der Waals surface area contributed by atoms with Gasteiger partial charge in [0.05, 0.1) is 0 Å². The lowest BCUT2D eigenvalue weighted by Gasteiger charge is -2.23. The molecule has 1 aromatic carbocycles. The average Bonchev–Trinajstić information content (AvgIpc) is 2.97. The van der Waals surface area contributed by atoms with Crippen LogP contribution in [-0.2, 0) is 16.1 Å². The van der Waals surface area contributed by atoms with Gasteiger partial charge in [0.2, 0.25) is 11.8 Å². The third kappa shape index (κ3) is 4.33. The molecule has 4 heteroatoms. The fourth-order valence-corrected chi connectivity index (χ4v) is 3.24. The lowest BCUT2D eigenvalue weighted by atomic mass is 9.97. The molecule has 120 valence electrons. The van der Waals surface area contributed by atoms with Gasteiger partial charge in [0.1, 0.15) is 6.04 Å². The fraction of sp³-hybridized carbons (Fsp3) is 0.556. The molecule has 0 spiro atoms. The van der Waals surface area contributed by atoms with Crippen molar-refractivity contribution in [2.24, 2.45) is 5.92 Å². The van der Waals surface area contributed by atoms with Crippen LogP contribution in [0.4, 0.5) is 0 Å². The van der Waals surface area contributed by atoms with Gasteiger partial charge < -0.3 is 10.6 Å². The molecule has 0 bridgehead atoms. The van der Waals surface area contributed by atoms with Crippen LogP contribution in [0.5, 0.6) is 0 Å². The van der Waals surface area contributed by atoms with Crippen molar-refractivity contribution in [3.63, 3.8) is 0 Å². The Morgan fingerprint density at radius 2 is 1.91 bits per heavy atom. The smallest absolute Gasteiger partial charge is 0.243 e. The molecule has 4 nitrogen and oxygen atoms in total. The molecule has 0 aliphatic heterocycles. The van der Waals surface area contributed by atoms with Crippen LogP contribution in [0.3, 0.4) is 0 Å². The second-order valence-corrected chi connectivity index (χ2v) is 6.37. The first-order valence-electron chi connectivity index (χ1n) is 8.08. The Kier molecular flexibility index (Phi) is 5.58. The van der Waals surface area contributed by atoms with Gasteiger partial charge in [-0.05, 0) is 43.7 Å². The van der Waals surface area contributed by atoms with E-state index in [2.05, 4.69) is 36.6 Å². The summed E-state index contributed by atoms with van der Waals surface area (Å²) in [4.78, 5) is 23.9. The Labute approximate surface area is 132 Å². The first-order chi connectivity index (χ1) is 10.5. The second-order valence-electron chi connectivity index (χ2n) is 6.37. The summed E-state index contributed by atoms with van der Waals surface area (Å²) in [6.07, 6.45) is 4.32. The highest BCUT2D eigenvalue weighted by molar-refractivity contribution is 5.87. The molecule has 1 unspecified atom stereocenters. The predicted molar refractivity (Wildman–Crippen MR) is 87.3 cm³/mol. The van der Waals surface area contributed by atoms with Crippen LogP contribution in [0.2, 0.25) is 0 Å². The van der Waals surface area contributed by atoms with E-state index < -0.39 is 6.04 Å². The van der Waals surface area contributed by atoms with Gasteiger partial charge in [-0.3, -0.25) is 9.59 Å². The maximum Gasteiger partial charge on any atom is 0.243 e. The van der Waals surface area contributed by atoms with Crippen LogP contribution >= 0.6 is 0 Å². The Balaban J connectivity index is 1.99. The van der Waals surface area contributed by atoms with Crippen molar-refractivity contribution in [2.75, 3.05) is 0 Å². The van der Waals surface area contributed by atoms with Crippen molar-refractivity contribution in [3.8, 4) is 0 Å². The molecule has 1 fully saturated rings. The van der Waals surface area contributed by atoms with Crippen molar-refractivity contribution in [3.05, 3.63) is 34.9 Å². The van der Waals surface area contributed by atoms with Gasteiger partial charge in [-0.1, -0.05) is 36.6 Å². The first-order valence-corrected chi connectivity index (χ1v) is 8.08. The quantitative estimate of drug-likeness (QED) is 0.878. The number of hydrogen-bond acceptors (Lipinski definition) is 2. The zero-order chi connectivity index (χ0) is 16.1. The molecule has 1 aliphatic rings. The predicted octanol–water partition coefficient (Wildman–Crippen LogP) is 2.61. The molecule has 22 heavy (non-hydrogen) atoms.